The summed E-state index contributed by atoms with van der Waals surface area (Å²) in [7, 11) is 3.86. The molecule has 4 rings (SSSR count). The second-order valence-corrected chi connectivity index (χ2v) is 8.36. The van der Waals surface area contributed by atoms with Gasteiger partial charge in [-0.25, -0.2) is 4.98 Å². The zero-order valence-corrected chi connectivity index (χ0v) is 18.5. The highest BCUT2D eigenvalue weighted by Crippen LogP contribution is 2.35. The molecule has 0 amide bonds. The molecule has 0 saturated carbocycles. The number of fused-ring (bicyclic) bond motifs is 4. The molecule has 1 aromatic carbocycles. The third-order valence-electron chi connectivity index (χ3n) is 5.70. The van der Waals surface area contributed by atoms with E-state index in [1.807, 2.05) is 32.0 Å². The SMILES string of the molecule is CCCC(=O)OCc1c(CO)cc2n(c1=O)Cc1cc3c(CN(C)C)c(O)ccc3nc1-2. The summed E-state index contributed by atoms with van der Waals surface area (Å²) in [5.41, 5.74) is 4.09. The van der Waals surface area contributed by atoms with Gasteiger partial charge in [0.25, 0.3) is 5.56 Å². The first kappa shape index (κ1) is 22.0. The Bertz CT molecular complexity index is 1260. The van der Waals surface area contributed by atoms with Crippen LogP contribution in [0, 0.1) is 0 Å². The summed E-state index contributed by atoms with van der Waals surface area (Å²) in [5.74, 6) is -0.162. The van der Waals surface area contributed by atoms with Crippen molar-refractivity contribution in [1.29, 1.82) is 0 Å². The van der Waals surface area contributed by atoms with Crippen LogP contribution in [-0.4, -0.2) is 44.7 Å². The van der Waals surface area contributed by atoms with Crippen molar-refractivity contribution >= 4 is 16.9 Å². The number of phenolic OH excluding ortho intramolecular Hbond substituents is 1. The molecular weight excluding hydrogens is 410 g/mol. The molecule has 168 valence electrons. The fourth-order valence-corrected chi connectivity index (χ4v) is 4.15. The van der Waals surface area contributed by atoms with Gasteiger partial charge in [-0.15, -0.1) is 0 Å². The van der Waals surface area contributed by atoms with E-state index < -0.39 is 0 Å². The lowest BCUT2D eigenvalue weighted by Crippen LogP contribution is -2.26. The van der Waals surface area contributed by atoms with Crippen LogP contribution in [0.25, 0.3) is 22.3 Å². The molecule has 2 aromatic heterocycles. The normalized spacial score (nSPS) is 12.3. The van der Waals surface area contributed by atoms with E-state index in [4.69, 9.17) is 9.72 Å². The number of carbonyl (C=O) groups excluding carboxylic acids is 1. The maximum Gasteiger partial charge on any atom is 0.306 e. The molecule has 2 N–H and O–H groups in total. The number of carbonyl (C=O) groups is 1. The summed E-state index contributed by atoms with van der Waals surface area (Å²) in [6.07, 6.45) is 0.944. The minimum atomic E-state index is -0.370. The number of hydrogen-bond acceptors (Lipinski definition) is 7. The van der Waals surface area contributed by atoms with Gasteiger partial charge in [0.1, 0.15) is 12.4 Å². The maximum absolute atomic E-state index is 13.2. The zero-order valence-electron chi connectivity index (χ0n) is 18.5. The first-order valence-electron chi connectivity index (χ1n) is 10.7. The maximum atomic E-state index is 13.2. The predicted octanol–water partition coefficient (Wildman–Crippen LogP) is 2.53. The Kier molecular flexibility index (Phi) is 5.99. The lowest BCUT2D eigenvalue weighted by Gasteiger charge is -2.14. The number of rotatable bonds is 7. The van der Waals surface area contributed by atoms with Crippen LogP contribution in [0.1, 0.15) is 42.0 Å². The topological polar surface area (TPSA) is 105 Å². The number of aromatic nitrogens is 2. The highest BCUT2D eigenvalue weighted by molar-refractivity contribution is 5.88. The van der Waals surface area contributed by atoms with E-state index in [0.717, 1.165) is 22.0 Å². The van der Waals surface area contributed by atoms with Gasteiger partial charge in [-0.1, -0.05) is 6.92 Å². The lowest BCUT2D eigenvalue weighted by atomic mass is 10.0. The number of esters is 1. The molecular formula is C24H27N3O5. The van der Waals surface area contributed by atoms with Crippen LogP contribution < -0.4 is 5.56 Å². The van der Waals surface area contributed by atoms with Crippen molar-refractivity contribution in [2.45, 2.75) is 46.1 Å². The minimum absolute atomic E-state index is 0.166. The third-order valence-corrected chi connectivity index (χ3v) is 5.70. The van der Waals surface area contributed by atoms with E-state index in [-0.39, 0.29) is 42.5 Å². The molecule has 0 aliphatic carbocycles. The molecule has 8 heteroatoms. The number of benzene rings is 1. The van der Waals surface area contributed by atoms with E-state index in [1.165, 1.54) is 0 Å². The molecule has 1 aliphatic rings. The molecule has 32 heavy (non-hydrogen) atoms. The number of nitrogens with zero attached hydrogens (tertiary/aromatic N) is 3. The van der Waals surface area contributed by atoms with E-state index in [1.54, 1.807) is 22.8 Å². The lowest BCUT2D eigenvalue weighted by molar-refractivity contribution is -0.145. The van der Waals surface area contributed by atoms with Crippen LogP contribution in [0.5, 0.6) is 5.75 Å². The van der Waals surface area contributed by atoms with Crippen molar-refractivity contribution in [3.05, 3.63) is 56.9 Å². The number of phenols is 1. The Morgan fingerprint density at radius 1 is 1.25 bits per heavy atom. The van der Waals surface area contributed by atoms with Crippen LogP contribution >= 0.6 is 0 Å². The highest BCUT2D eigenvalue weighted by Gasteiger charge is 2.26. The van der Waals surface area contributed by atoms with Crippen molar-refractivity contribution in [3.8, 4) is 17.1 Å². The number of aliphatic hydroxyl groups is 1. The van der Waals surface area contributed by atoms with Gasteiger partial charge < -0.3 is 24.4 Å². The minimum Gasteiger partial charge on any atom is -0.508 e. The summed E-state index contributed by atoms with van der Waals surface area (Å²) in [4.78, 5) is 31.8. The fraction of sp³-hybridized carbons (Fsp3) is 0.375. The molecule has 0 fully saturated rings. The summed E-state index contributed by atoms with van der Waals surface area (Å²) >= 11 is 0. The summed E-state index contributed by atoms with van der Waals surface area (Å²) in [6.45, 7) is 2.25. The highest BCUT2D eigenvalue weighted by atomic mass is 16.5. The van der Waals surface area contributed by atoms with Gasteiger partial charge >= 0.3 is 5.97 Å². The molecule has 0 saturated heterocycles. The van der Waals surface area contributed by atoms with Crippen LogP contribution in [0.15, 0.2) is 29.1 Å². The van der Waals surface area contributed by atoms with Crippen LogP contribution in [0.2, 0.25) is 0 Å². The Morgan fingerprint density at radius 2 is 2.03 bits per heavy atom. The first-order valence-corrected chi connectivity index (χ1v) is 10.7. The number of ether oxygens (including phenoxy) is 1. The second-order valence-electron chi connectivity index (χ2n) is 8.36. The van der Waals surface area contributed by atoms with Crippen molar-refractivity contribution in [2.75, 3.05) is 14.1 Å². The van der Waals surface area contributed by atoms with Gasteiger partial charge in [0.15, 0.2) is 0 Å². The molecule has 0 radical (unpaired) electrons. The van der Waals surface area contributed by atoms with Gasteiger partial charge in [0.05, 0.1) is 35.6 Å². The number of hydrogen-bond donors (Lipinski definition) is 2. The monoisotopic (exact) mass is 437 g/mol. The summed E-state index contributed by atoms with van der Waals surface area (Å²) in [6, 6.07) is 7.12. The molecule has 0 bridgehead atoms. The van der Waals surface area contributed by atoms with Crippen LogP contribution in [0.4, 0.5) is 0 Å². The number of pyridine rings is 2. The molecule has 0 unspecified atom stereocenters. The average molecular weight is 437 g/mol. The van der Waals surface area contributed by atoms with Gasteiger partial charge in [0, 0.05) is 29.5 Å². The van der Waals surface area contributed by atoms with Gasteiger partial charge in [-0.2, -0.15) is 0 Å². The standard InChI is InChI=1S/C24H27N3O5/c1-4-5-22(30)32-13-18-15(12-28)9-20-23-14(10-27(20)24(18)31)8-16-17(11-26(2)3)21(29)7-6-19(16)25-23/h6-9,28-29H,4-5,10-13H2,1-3H3. The Morgan fingerprint density at radius 3 is 2.72 bits per heavy atom. The molecule has 0 atom stereocenters. The first-order chi connectivity index (χ1) is 15.3. The Hall–Kier alpha value is -3.23. The molecule has 3 heterocycles. The van der Waals surface area contributed by atoms with E-state index >= 15 is 0 Å². The Balaban J connectivity index is 1.80. The van der Waals surface area contributed by atoms with Crippen molar-refractivity contribution in [1.82, 2.24) is 14.5 Å². The largest absolute Gasteiger partial charge is 0.508 e. The smallest absolute Gasteiger partial charge is 0.306 e. The van der Waals surface area contributed by atoms with E-state index in [9.17, 15) is 19.8 Å². The predicted molar refractivity (Wildman–Crippen MR) is 120 cm³/mol. The van der Waals surface area contributed by atoms with Crippen LogP contribution in [-0.2, 0) is 35.8 Å². The van der Waals surface area contributed by atoms with E-state index in [0.29, 0.717) is 36.5 Å². The molecule has 8 nitrogen and oxygen atoms in total. The zero-order chi connectivity index (χ0) is 23.0. The third kappa shape index (κ3) is 3.87. The summed E-state index contributed by atoms with van der Waals surface area (Å²) < 4.78 is 6.85. The van der Waals surface area contributed by atoms with Gasteiger partial charge in [-0.3, -0.25) is 9.59 Å². The van der Waals surface area contributed by atoms with Crippen molar-refractivity contribution in [3.63, 3.8) is 0 Å². The quantitative estimate of drug-likeness (QED) is 0.428. The molecule has 1 aliphatic heterocycles. The molecule has 3 aromatic rings. The fourth-order valence-electron chi connectivity index (χ4n) is 4.15. The van der Waals surface area contributed by atoms with Crippen molar-refractivity contribution in [2.24, 2.45) is 0 Å². The second kappa shape index (κ2) is 8.72. The Labute approximate surface area is 185 Å². The molecule has 0 spiro atoms. The van der Waals surface area contributed by atoms with Gasteiger partial charge in [-0.05, 0) is 50.3 Å². The van der Waals surface area contributed by atoms with Gasteiger partial charge in [0.2, 0.25) is 0 Å². The number of aromatic hydroxyl groups is 1. The summed E-state index contributed by atoms with van der Waals surface area (Å²) in [5, 5.41) is 21.1. The van der Waals surface area contributed by atoms with Crippen LogP contribution in [0.3, 0.4) is 0 Å². The van der Waals surface area contributed by atoms with Crippen molar-refractivity contribution < 1.29 is 19.7 Å². The number of aliphatic hydroxyl groups excluding tert-OH is 1. The average Bonchev–Trinajstić information content (AvgIpc) is 3.11. The van der Waals surface area contributed by atoms with E-state index in [2.05, 4.69) is 0 Å².